The lowest BCUT2D eigenvalue weighted by Gasteiger charge is -2.42. The molecule has 5 nitrogen and oxygen atoms in total. The molecular weight excluding hydrogens is 362 g/mol. The van der Waals surface area contributed by atoms with Crippen LogP contribution in [-0.4, -0.2) is 35.3 Å². The van der Waals surface area contributed by atoms with E-state index in [-0.39, 0.29) is 41.6 Å². The van der Waals surface area contributed by atoms with Gasteiger partial charge in [-0.3, -0.25) is 9.59 Å². The molecule has 2 aliphatic heterocycles. The van der Waals surface area contributed by atoms with E-state index in [1.807, 2.05) is 30.0 Å². The van der Waals surface area contributed by atoms with E-state index in [4.69, 9.17) is 5.73 Å². The van der Waals surface area contributed by atoms with Crippen molar-refractivity contribution in [3.8, 4) is 0 Å². The third kappa shape index (κ3) is 3.72. The van der Waals surface area contributed by atoms with E-state index in [0.717, 1.165) is 62.9 Å². The van der Waals surface area contributed by atoms with Gasteiger partial charge in [0.25, 0.3) is 0 Å². The molecule has 0 radical (unpaired) electrons. The summed E-state index contributed by atoms with van der Waals surface area (Å²) >= 11 is 0. The lowest BCUT2D eigenvalue weighted by atomic mass is 9.73. The molecule has 27 heavy (non-hydrogen) atoms. The number of hydrogen-bond acceptors (Lipinski definition) is 3. The highest BCUT2D eigenvalue weighted by Gasteiger charge is 2.42. The molecular formula is C21H30ClN3O2. The number of hydrogen-bond donors (Lipinski definition) is 2. The summed E-state index contributed by atoms with van der Waals surface area (Å²) in [5.41, 5.74) is 8.11. The van der Waals surface area contributed by atoms with E-state index < -0.39 is 0 Å². The lowest BCUT2D eigenvalue weighted by Crippen LogP contribution is -2.55. The Labute approximate surface area is 167 Å². The monoisotopic (exact) mass is 391 g/mol. The normalized spacial score (nSPS) is 31.0. The minimum absolute atomic E-state index is 0. The van der Waals surface area contributed by atoms with Crippen molar-refractivity contribution < 1.29 is 9.59 Å². The standard InChI is InChI=1S/C21H29N3O2.ClH/c1-21(22)11-5-4-7-16(21)20(26)24-12-9-14(10-13-24)18-15-6-2-3-8-17(15)23-19(18)25;/h2-3,6,8,14,16,18H,4-5,7,9-13,22H2,1H3,(H,23,25);1H. The number of rotatable bonds is 2. The van der Waals surface area contributed by atoms with Crippen molar-refractivity contribution in [1.29, 1.82) is 0 Å². The molecule has 3 unspecified atom stereocenters. The number of piperidine rings is 1. The first-order valence-corrected chi connectivity index (χ1v) is 9.95. The van der Waals surface area contributed by atoms with Gasteiger partial charge < -0.3 is 16.0 Å². The molecule has 0 aromatic heterocycles. The molecule has 1 aliphatic carbocycles. The molecule has 3 aliphatic rings. The Morgan fingerprint density at radius 2 is 1.89 bits per heavy atom. The average Bonchev–Trinajstić information content (AvgIpc) is 2.97. The Hall–Kier alpha value is -1.59. The summed E-state index contributed by atoms with van der Waals surface area (Å²) in [6.45, 7) is 3.51. The molecule has 2 heterocycles. The fourth-order valence-corrected chi connectivity index (χ4v) is 5.14. The van der Waals surface area contributed by atoms with E-state index in [9.17, 15) is 9.59 Å². The third-order valence-electron chi connectivity index (χ3n) is 6.71. The summed E-state index contributed by atoms with van der Waals surface area (Å²) in [5, 5.41) is 3.01. The number of carbonyl (C=O) groups excluding carboxylic acids is 2. The van der Waals surface area contributed by atoms with Crippen LogP contribution >= 0.6 is 12.4 Å². The molecule has 4 rings (SSSR count). The number of nitrogens with zero attached hydrogens (tertiary/aromatic N) is 1. The van der Waals surface area contributed by atoms with E-state index >= 15 is 0 Å². The van der Waals surface area contributed by atoms with Crippen LogP contribution in [0.25, 0.3) is 0 Å². The Morgan fingerprint density at radius 3 is 2.59 bits per heavy atom. The topological polar surface area (TPSA) is 75.4 Å². The van der Waals surface area contributed by atoms with Gasteiger partial charge in [-0.1, -0.05) is 31.0 Å². The first-order valence-electron chi connectivity index (χ1n) is 9.95. The van der Waals surface area contributed by atoms with Gasteiger partial charge >= 0.3 is 0 Å². The zero-order valence-corrected chi connectivity index (χ0v) is 16.8. The fraction of sp³-hybridized carbons (Fsp3) is 0.619. The maximum atomic E-state index is 13.0. The minimum atomic E-state index is -0.379. The number of nitrogens with two attached hydrogens (primary N) is 1. The molecule has 0 spiro atoms. The van der Waals surface area contributed by atoms with Gasteiger partial charge in [0.05, 0.1) is 11.8 Å². The SMILES string of the molecule is CC1(N)CCCCC1C(=O)N1CCC(C2C(=O)Nc3ccccc32)CC1.Cl. The quantitative estimate of drug-likeness (QED) is 0.812. The van der Waals surface area contributed by atoms with E-state index in [1.54, 1.807) is 0 Å². The maximum absolute atomic E-state index is 13.0. The summed E-state index contributed by atoms with van der Waals surface area (Å²) in [5.74, 6) is 0.516. The summed E-state index contributed by atoms with van der Waals surface area (Å²) in [6, 6.07) is 7.97. The molecule has 1 aromatic carbocycles. The molecule has 1 aromatic rings. The number of benzene rings is 1. The van der Waals surface area contributed by atoms with E-state index in [1.165, 1.54) is 0 Å². The van der Waals surface area contributed by atoms with Gasteiger partial charge in [0.2, 0.25) is 11.8 Å². The smallest absolute Gasteiger partial charge is 0.232 e. The first kappa shape index (κ1) is 20.2. The highest BCUT2D eigenvalue weighted by molar-refractivity contribution is 6.03. The predicted molar refractivity (Wildman–Crippen MR) is 109 cm³/mol. The van der Waals surface area contributed by atoms with Gasteiger partial charge in [-0.05, 0) is 50.2 Å². The Kier molecular flexibility index (Phi) is 5.82. The van der Waals surface area contributed by atoms with Crippen molar-refractivity contribution in [2.24, 2.45) is 17.6 Å². The summed E-state index contributed by atoms with van der Waals surface area (Å²) in [7, 11) is 0. The lowest BCUT2D eigenvalue weighted by molar-refractivity contribution is -0.140. The van der Waals surface area contributed by atoms with Crippen LogP contribution in [0.5, 0.6) is 0 Å². The van der Waals surface area contributed by atoms with Gasteiger partial charge in [-0.15, -0.1) is 12.4 Å². The van der Waals surface area contributed by atoms with Gasteiger partial charge in [0.1, 0.15) is 0 Å². The van der Waals surface area contributed by atoms with Crippen molar-refractivity contribution >= 4 is 29.9 Å². The van der Waals surface area contributed by atoms with Crippen LogP contribution < -0.4 is 11.1 Å². The van der Waals surface area contributed by atoms with Crippen molar-refractivity contribution in [1.82, 2.24) is 4.90 Å². The van der Waals surface area contributed by atoms with Crippen LogP contribution in [0.4, 0.5) is 5.69 Å². The van der Waals surface area contributed by atoms with E-state index in [0.29, 0.717) is 5.92 Å². The van der Waals surface area contributed by atoms with Crippen LogP contribution in [0.1, 0.15) is 56.9 Å². The third-order valence-corrected chi connectivity index (χ3v) is 6.71. The van der Waals surface area contributed by atoms with Gasteiger partial charge in [-0.25, -0.2) is 0 Å². The van der Waals surface area contributed by atoms with Crippen LogP contribution in [0.2, 0.25) is 0 Å². The van der Waals surface area contributed by atoms with Crippen LogP contribution in [-0.2, 0) is 9.59 Å². The van der Waals surface area contributed by atoms with Gasteiger partial charge in [0, 0.05) is 24.3 Å². The Morgan fingerprint density at radius 1 is 1.19 bits per heavy atom. The number of para-hydroxylation sites is 1. The van der Waals surface area contributed by atoms with Crippen LogP contribution in [0.15, 0.2) is 24.3 Å². The molecule has 1 saturated heterocycles. The second kappa shape index (κ2) is 7.80. The number of amides is 2. The number of fused-ring (bicyclic) bond motifs is 1. The summed E-state index contributed by atoms with van der Waals surface area (Å²) in [6.07, 6.45) is 5.81. The zero-order chi connectivity index (χ0) is 18.3. The van der Waals surface area contributed by atoms with Crippen molar-refractivity contribution in [2.75, 3.05) is 18.4 Å². The number of anilines is 1. The molecule has 0 bridgehead atoms. The number of halogens is 1. The molecule has 2 amide bonds. The summed E-state index contributed by atoms with van der Waals surface area (Å²) < 4.78 is 0. The number of likely N-dealkylation sites (tertiary alicyclic amines) is 1. The molecule has 3 atom stereocenters. The first-order chi connectivity index (χ1) is 12.5. The Bertz CT molecular complexity index is 713. The van der Waals surface area contributed by atoms with Crippen molar-refractivity contribution in [3.63, 3.8) is 0 Å². The molecule has 1 saturated carbocycles. The molecule has 2 fully saturated rings. The average molecular weight is 392 g/mol. The molecule has 3 N–H and O–H groups in total. The van der Waals surface area contributed by atoms with Crippen LogP contribution in [0.3, 0.4) is 0 Å². The molecule has 6 heteroatoms. The Balaban J connectivity index is 0.00000210. The maximum Gasteiger partial charge on any atom is 0.232 e. The zero-order valence-electron chi connectivity index (χ0n) is 15.9. The highest BCUT2D eigenvalue weighted by atomic mass is 35.5. The minimum Gasteiger partial charge on any atom is -0.342 e. The molecule has 148 valence electrons. The van der Waals surface area contributed by atoms with E-state index in [2.05, 4.69) is 11.4 Å². The van der Waals surface area contributed by atoms with Crippen LogP contribution in [0, 0.1) is 11.8 Å². The number of nitrogens with one attached hydrogen (secondary N) is 1. The number of carbonyl (C=O) groups is 2. The second-order valence-electron chi connectivity index (χ2n) is 8.52. The predicted octanol–water partition coefficient (Wildman–Crippen LogP) is 3.29. The van der Waals surface area contributed by atoms with Crippen molar-refractivity contribution in [2.45, 2.75) is 56.9 Å². The fourth-order valence-electron chi connectivity index (χ4n) is 5.14. The van der Waals surface area contributed by atoms with Gasteiger partial charge in [0.15, 0.2) is 0 Å². The summed E-state index contributed by atoms with van der Waals surface area (Å²) in [4.78, 5) is 27.5. The van der Waals surface area contributed by atoms with Crippen molar-refractivity contribution in [3.05, 3.63) is 29.8 Å². The second-order valence-corrected chi connectivity index (χ2v) is 8.52. The highest BCUT2D eigenvalue weighted by Crippen LogP contribution is 2.42. The largest absolute Gasteiger partial charge is 0.342 e. The van der Waals surface area contributed by atoms with Gasteiger partial charge in [-0.2, -0.15) is 0 Å².